The number of allylic oxidation sites excluding steroid dienone is 1. The lowest BCUT2D eigenvalue weighted by Crippen LogP contribution is -2.55. The highest BCUT2D eigenvalue weighted by atomic mass is 16.6. The molecular formula is C32H48O6. The lowest BCUT2D eigenvalue weighted by atomic mass is 9.45. The second-order valence-electron chi connectivity index (χ2n) is 15.6. The Bertz CT molecular complexity index is 1110. The molecular weight excluding hydrogens is 480 g/mol. The van der Waals surface area contributed by atoms with Gasteiger partial charge in [0.2, 0.25) is 0 Å². The molecule has 6 rings (SSSR count). The number of rotatable bonds is 5. The number of hydrogen-bond donors (Lipinski definition) is 2. The van der Waals surface area contributed by atoms with E-state index in [1.165, 1.54) is 12.5 Å². The van der Waals surface area contributed by atoms with Crippen LogP contribution in [-0.2, 0) is 19.1 Å². The van der Waals surface area contributed by atoms with E-state index in [2.05, 4.69) is 40.7 Å². The summed E-state index contributed by atoms with van der Waals surface area (Å²) in [4.78, 5) is 25.9. The van der Waals surface area contributed by atoms with E-state index in [1.54, 1.807) is 0 Å². The highest BCUT2D eigenvalue weighted by Gasteiger charge is 2.82. The Morgan fingerprint density at radius 2 is 1.79 bits per heavy atom. The van der Waals surface area contributed by atoms with Crippen molar-refractivity contribution in [3.05, 3.63) is 11.6 Å². The Morgan fingerprint density at radius 1 is 1.13 bits per heavy atom. The van der Waals surface area contributed by atoms with Crippen molar-refractivity contribution in [2.45, 2.75) is 130 Å². The van der Waals surface area contributed by atoms with Crippen LogP contribution in [-0.4, -0.2) is 52.0 Å². The molecule has 6 aliphatic rings. The Kier molecular flexibility index (Phi) is 5.48. The lowest BCUT2D eigenvalue weighted by Gasteiger charge is -2.59. The van der Waals surface area contributed by atoms with Gasteiger partial charge in [-0.15, -0.1) is 0 Å². The van der Waals surface area contributed by atoms with Crippen molar-refractivity contribution in [1.29, 1.82) is 0 Å². The number of esters is 1. The molecule has 0 aromatic carbocycles. The van der Waals surface area contributed by atoms with Crippen LogP contribution in [0.25, 0.3) is 0 Å². The number of ketones is 1. The molecule has 0 radical (unpaired) electrons. The fourth-order valence-corrected chi connectivity index (χ4v) is 11.1. The zero-order valence-electron chi connectivity index (χ0n) is 24.6. The molecule has 2 spiro atoms. The average Bonchev–Trinajstić information content (AvgIpc) is 3.66. The molecule has 1 saturated heterocycles. The third-order valence-electron chi connectivity index (χ3n) is 13.3. The van der Waals surface area contributed by atoms with Gasteiger partial charge in [0.25, 0.3) is 0 Å². The molecule has 1 aliphatic heterocycles. The molecule has 4 saturated carbocycles. The Labute approximate surface area is 227 Å². The van der Waals surface area contributed by atoms with Gasteiger partial charge in [0.05, 0.1) is 11.7 Å². The van der Waals surface area contributed by atoms with Crippen LogP contribution >= 0.6 is 0 Å². The zero-order chi connectivity index (χ0) is 27.8. The lowest BCUT2D eigenvalue weighted by molar-refractivity contribution is -0.149. The number of epoxide rings is 1. The van der Waals surface area contributed by atoms with E-state index in [9.17, 15) is 19.8 Å². The molecule has 38 heavy (non-hydrogen) atoms. The van der Waals surface area contributed by atoms with Crippen molar-refractivity contribution in [1.82, 2.24) is 0 Å². The molecule has 6 heteroatoms. The third kappa shape index (κ3) is 3.06. The maximum Gasteiger partial charge on any atom is 0.302 e. The van der Waals surface area contributed by atoms with Gasteiger partial charge >= 0.3 is 5.97 Å². The summed E-state index contributed by atoms with van der Waals surface area (Å²) >= 11 is 0. The summed E-state index contributed by atoms with van der Waals surface area (Å²) in [7, 11) is 0. The van der Waals surface area contributed by atoms with Crippen molar-refractivity contribution in [2.24, 2.45) is 44.8 Å². The van der Waals surface area contributed by atoms with Gasteiger partial charge in [-0.05, 0) is 92.3 Å². The van der Waals surface area contributed by atoms with Crippen molar-refractivity contribution in [3.63, 3.8) is 0 Å². The summed E-state index contributed by atoms with van der Waals surface area (Å²) in [6.45, 7) is 16.4. The monoisotopic (exact) mass is 528 g/mol. The number of carbonyl (C=O) groups is 2. The van der Waals surface area contributed by atoms with Crippen molar-refractivity contribution in [2.75, 3.05) is 0 Å². The minimum absolute atomic E-state index is 0.0470. The second kappa shape index (κ2) is 7.73. The zero-order valence-corrected chi connectivity index (χ0v) is 24.6. The summed E-state index contributed by atoms with van der Waals surface area (Å²) in [5, 5.41) is 22.7. The Hall–Kier alpha value is -1.24. The minimum atomic E-state index is -1.03. The van der Waals surface area contributed by atoms with E-state index < -0.39 is 17.6 Å². The van der Waals surface area contributed by atoms with Gasteiger partial charge in [-0.25, -0.2) is 0 Å². The Balaban J connectivity index is 1.34. The highest BCUT2D eigenvalue weighted by Crippen LogP contribution is 2.87. The van der Waals surface area contributed by atoms with Crippen molar-refractivity contribution < 1.29 is 29.3 Å². The number of carbonyl (C=O) groups excluding carboxylic acids is 2. The number of aliphatic hydroxyl groups excluding tert-OH is 2. The number of fused-ring (bicyclic) bond motifs is 2. The van der Waals surface area contributed by atoms with Gasteiger partial charge in [0.15, 0.2) is 5.78 Å². The molecule has 212 valence electrons. The fraction of sp³-hybridized carbons (Fsp3) is 0.875. The first kappa shape index (κ1) is 27.0. The van der Waals surface area contributed by atoms with E-state index in [0.717, 1.165) is 38.5 Å². The summed E-state index contributed by atoms with van der Waals surface area (Å²) in [5.74, 6) is -0.308. The molecule has 0 aromatic rings. The number of hydrogen-bond acceptors (Lipinski definition) is 6. The van der Waals surface area contributed by atoms with E-state index in [4.69, 9.17) is 9.47 Å². The predicted octanol–water partition coefficient (Wildman–Crippen LogP) is 4.99. The molecule has 5 aliphatic carbocycles. The first-order chi connectivity index (χ1) is 17.5. The van der Waals surface area contributed by atoms with Gasteiger partial charge in [-0.1, -0.05) is 46.3 Å². The predicted molar refractivity (Wildman–Crippen MR) is 143 cm³/mol. The molecule has 0 bridgehead atoms. The van der Waals surface area contributed by atoms with E-state index in [1.807, 2.05) is 13.8 Å². The van der Waals surface area contributed by atoms with Gasteiger partial charge in [-0.3, -0.25) is 9.59 Å². The molecule has 2 N–H and O–H groups in total. The van der Waals surface area contributed by atoms with Crippen LogP contribution in [0.5, 0.6) is 0 Å². The first-order valence-electron chi connectivity index (χ1n) is 15.0. The van der Waals surface area contributed by atoms with Crippen LogP contribution in [0.3, 0.4) is 0 Å². The fourth-order valence-electron chi connectivity index (χ4n) is 11.1. The Morgan fingerprint density at radius 3 is 2.39 bits per heavy atom. The smallest absolute Gasteiger partial charge is 0.302 e. The number of ether oxygens (including phenoxy) is 2. The molecule has 1 heterocycles. The quantitative estimate of drug-likeness (QED) is 0.296. The number of Topliss-reactive ketones (excluding diaryl/α,β-unsaturated/α-hetero) is 1. The molecule has 6 nitrogen and oxygen atoms in total. The molecule has 11 atom stereocenters. The molecule has 0 aromatic heterocycles. The van der Waals surface area contributed by atoms with Gasteiger partial charge in [0, 0.05) is 18.3 Å². The van der Waals surface area contributed by atoms with Crippen LogP contribution < -0.4 is 0 Å². The molecule has 0 amide bonds. The van der Waals surface area contributed by atoms with E-state index in [0.29, 0.717) is 12.3 Å². The highest BCUT2D eigenvalue weighted by molar-refractivity contribution is 5.91. The van der Waals surface area contributed by atoms with Crippen LogP contribution in [0.4, 0.5) is 0 Å². The molecule has 1 unspecified atom stereocenters. The summed E-state index contributed by atoms with van der Waals surface area (Å²) in [5.41, 5.74) is 0.125. The summed E-state index contributed by atoms with van der Waals surface area (Å²) in [6.07, 6.45) is 6.93. The average molecular weight is 529 g/mol. The van der Waals surface area contributed by atoms with Crippen LogP contribution in [0.2, 0.25) is 0 Å². The van der Waals surface area contributed by atoms with Crippen LogP contribution in [0, 0.1) is 44.8 Å². The van der Waals surface area contributed by atoms with E-state index >= 15 is 0 Å². The van der Waals surface area contributed by atoms with Crippen LogP contribution in [0.15, 0.2) is 11.6 Å². The summed E-state index contributed by atoms with van der Waals surface area (Å²) < 4.78 is 11.6. The minimum Gasteiger partial charge on any atom is -0.460 e. The van der Waals surface area contributed by atoms with Gasteiger partial charge in [0.1, 0.15) is 18.3 Å². The van der Waals surface area contributed by atoms with Crippen LogP contribution in [0.1, 0.15) is 100 Å². The third-order valence-corrected chi connectivity index (χ3v) is 13.3. The number of aliphatic hydroxyl groups is 2. The first-order valence-corrected chi connectivity index (χ1v) is 15.0. The second-order valence-corrected chi connectivity index (χ2v) is 15.6. The van der Waals surface area contributed by atoms with Crippen molar-refractivity contribution in [3.8, 4) is 0 Å². The summed E-state index contributed by atoms with van der Waals surface area (Å²) in [6, 6.07) is 0. The topological polar surface area (TPSA) is 96.4 Å². The van der Waals surface area contributed by atoms with Crippen molar-refractivity contribution >= 4 is 11.8 Å². The van der Waals surface area contributed by atoms with Gasteiger partial charge < -0.3 is 19.7 Å². The van der Waals surface area contributed by atoms with E-state index in [-0.39, 0.29) is 63.1 Å². The largest absolute Gasteiger partial charge is 0.460 e. The SMILES string of the molecule is CC(=O)O[C@H](C[C@@H](C)[C@H]1C(=O)[C@H](O)[C@@]2(C)C3=CCC4C(C)(C)[C@@H](O)CC[C@@]45C[C@@]35CC[C@]12C)[C@@H]1OC1(C)C. The normalized spacial score (nSPS) is 50.9. The maximum atomic E-state index is 14.0. The maximum absolute atomic E-state index is 14.0. The molecule has 5 fully saturated rings. The standard InChI is InChI=1S/C32H48O6/c1-17(15-19(37-18(2)33)26-28(5,6)38-26)23-24(35)25(36)30(8)21-10-9-20-27(3,4)22(34)11-12-31(20)16-32(21,31)14-13-29(23,30)7/h10,17,19-20,22-23,25-26,34,36H,9,11-16H2,1-8H3/t17-,19-,20?,22+,23+,25+,26+,29-,30-,31-,32+/m1/s1. The van der Waals surface area contributed by atoms with Gasteiger partial charge in [-0.2, -0.15) is 0 Å².